The van der Waals surface area contributed by atoms with Crippen molar-refractivity contribution in [1.82, 2.24) is 0 Å². The predicted molar refractivity (Wildman–Crippen MR) is 65.0 cm³/mol. The number of ether oxygens (including phenoxy) is 2. The lowest BCUT2D eigenvalue weighted by Gasteiger charge is -2.27. The van der Waals surface area contributed by atoms with Crippen molar-refractivity contribution in [3.05, 3.63) is 34.9 Å². The van der Waals surface area contributed by atoms with Crippen molar-refractivity contribution in [2.45, 2.75) is 25.2 Å². The van der Waals surface area contributed by atoms with Crippen LogP contribution in [0.3, 0.4) is 0 Å². The average molecular weight is 261 g/mol. The fraction of sp³-hybridized carbons (Fsp3) is 0.500. The Balaban J connectivity index is 2.25. The summed E-state index contributed by atoms with van der Waals surface area (Å²) in [5.41, 5.74) is 0.993. The largest absolute Gasteiger partial charge is 0.343 e. The van der Waals surface area contributed by atoms with Crippen LogP contribution in [0, 0.1) is 0 Å². The van der Waals surface area contributed by atoms with Gasteiger partial charge >= 0.3 is 0 Å². The number of halogens is 2. The fourth-order valence-electron chi connectivity index (χ4n) is 1.89. The van der Waals surface area contributed by atoms with Gasteiger partial charge in [-0.05, 0) is 12.1 Å². The zero-order valence-corrected chi connectivity index (χ0v) is 10.6. The van der Waals surface area contributed by atoms with Crippen LogP contribution >= 0.6 is 23.2 Å². The zero-order chi connectivity index (χ0) is 11.6. The Hall–Kier alpha value is -0.280. The molecular weight excluding hydrogens is 247 g/mol. The van der Waals surface area contributed by atoms with E-state index in [1.165, 1.54) is 0 Å². The zero-order valence-electron chi connectivity index (χ0n) is 9.08. The average Bonchev–Trinajstić information content (AvgIpc) is 2.75. The molecule has 0 aromatic heterocycles. The second-order valence-corrected chi connectivity index (χ2v) is 4.56. The van der Waals surface area contributed by atoms with Gasteiger partial charge in [-0.2, -0.15) is 0 Å². The normalized spacial score (nSPS) is 29.6. The monoisotopic (exact) mass is 260 g/mol. The third-order valence-electron chi connectivity index (χ3n) is 2.78. The summed E-state index contributed by atoms with van der Waals surface area (Å²) in [6.07, 6.45) is 0.722. The molecule has 1 heterocycles. The Morgan fingerprint density at radius 3 is 2.56 bits per heavy atom. The van der Waals surface area contributed by atoms with Crippen molar-refractivity contribution < 1.29 is 9.47 Å². The summed E-state index contributed by atoms with van der Waals surface area (Å²) in [5.74, 6) is -0.195. The molecule has 0 radical (unpaired) electrons. The van der Waals surface area contributed by atoms with Crippen LogP contribution in [0.15, 0.2) is 24.3 Å². The van der Waals surface area contributed by atoms with E-state index in [1.807, 2.05) is 31.2 Å². The summed E-state index contributed by atoms with van der Waals surface area (Å²) in [5, 5.41) is 0.710. The maximum absolute atomic E-state index is 5.88. The molecule has 0 saturated carbocycles. The lowest BCUT2D eigenvalue weighted by atomic mass is 10.0. The van der Waals surface area contributed by atoms with Crippen molar-refractivity contribution in [2.75, 3.05) is 12.5 Å². The van der Waals surface area contributed by atoms with Gasteiger partial charge < -0.3 is 9.47 Å². The van der Waals surface area contributed by atoms with Gasteiger partial charge in [-0.15, -0.1) is 11.6 Å². The van der Waals surface area contributed by atoms with E-state index >= 15 is 0 Å². The quantitative estimate of drug-likeness (QED) is 0.774. The van der Waals surface area contributed by atoms with Crippen molar-refractivity contribution in [1.29, 1.82) is 0 Å². The first-order valence-electron chi connectivity index (χ1n) is 5.34. The molecule has 0 N–H and O–H groups in total. The predicted octanol–water partition coefficient (Wildman–Crippen LogP) is 3.56. The Bertz CT molecular complexity index is 353. The first-order valence-corrected chi connectivity index (χ1v) is 6.25. The first kappa shape index (κ1) is 12.2. The van der Waals surface area contributed by atoms with E-state index in [2.05, 4.69) is 0 Å². The third kappa shape index (κ3) is 2.21. The summed E-state index contributed by atoms with van der Waals surface area (Å²) in [6.45, 7) is 2.57. The molecule has 4 heteroatoms. The maximum Gasteiger partial charge on any atom is 0.195 e. The number of hydrogen-bond donors (Lipinski definition) is 0. The van der Waals surface area contributed by atoms with E-state index in [-0.39, 0.29) is 6.10 Å². The highest BCUT2D eigenvalue weighted by Gasteiger charge is 2.41. The van der Waals surface area contributed by atoms with Gasteiger partial charge in [0.25, 0.3) is 0 Å². The third-order valence-corrected chi connectivity index (χ3v) is 3.38. The topological polar surface area (TPSA) is 18.5 Å². The van der Waals surface area contributed by atoms with Crippen LogP contribution in [0.25, 0.3) is 0 Å². The van der Waals surface area contributed by atoms with Crippen molar-refractivity contribution in [2.24, 2.45) is 0 Å². The van der Waals surface area contributed by atoms with E-state index < -0.39 is 5.79 Å². The van der Waals surface area contributed by atoms with Crippen molar-refractivity contribution in [3.63, 3.8) is 0 Å². The standard InChI is InChI=1S/C12H14Cl2O2/c1-2-12(15-8-11(7-13)16-12)9-3-5-10(14)6-4-9/h3-6,11H,2,7-8H2,1H3. The summed E-state index contributed by atoms with van der Waals surface area (Å²) in [6, 6.07) is 7.55. The second kappa shape index (κ2) is 4.92. The number of benzene rings is 1. The van der Waals surface area contributed by atoms with E-state index in [9.17, 15) is 0 Å². The smallest absolute Gasteiger partial charge is 0.195 e. The lowest BCUT2D eigenvalue weighted by Crippen LogP contribution is -2.27. The Kier molecular flexibility index (Phi) is 3.75. The van der Waals surface area contributed by atoms with Gasteiger partial charge in [-0.25, -0.2) is 0 Å². The Morgan fingerprint density at radius 1 is 1.38 bits per heavy atom. The van der Waals surface area contributed by atoms with Gasteiger partial charge in [0, 0.05) is 17.0 Å². The molecule has 1 fully saturated rings. The van der Waals surface area contributed by atoms with Crippen LogP contribution in [-0.2, 0) is 15.3 Å². The molecule has 1 aliphatic rings. The van der Waals surface area contributed by atoms with Crippen LogP contribution in [0.1, 0.15) is 18.9 Å². The molecular formula is C12H14Cl2O2. The molecule has 2 nitrogen and oxygen atoms in total. The van der Waals surface area contributed by atoms with Crippen LogP contribution in [0.5, 0.6) is 0 Å². The number of alkyl halides is 1. The summed E-state index contributed by atoms with van der Waals surface area (Å²) < 4.78 is 11.6. The maximum atomic E-state index is 5.88. The lowest BCUT2D eigenvalue weighted by molar-refractivity contribution is -0.176. The molecule has 88 valence electrons. The molecule has 16 heavy (non-hydrogen) atoms. The van der Waals surface area contributed by atoms with E-state index in [1.54, 1.807) is 0 Å². The molecule has 1 aromatic rings. The molecule has 2 atom stereocenters. The van der Waals surface area contributed by atoms with Gasteiger partial charge in [-0.1, -0.05) is 30.7 Å². The number of hydrogen-bond acceptors (Lipinski definition) is 2. The SMILES string of the molecule is CCC1(c2ccc(Cl)cc2)OCC(CCl)O1. The minimum atomic E-state index is -0.649. The van der Waals surface area contributed by atoms with Crippen LogP contribution in [0.4, 0.5) is 0 Å². The highest BCUT2D eigenvalue weighted by molar-refractivity contribution is 6.30. The molecule has 0 bridgehead atoms. The molecule has 0 amide bonds. The van der Waals surface area contributed by atoms with Crippen LogP contribution in [-0.4, -0.2) is 18.6 Å². The van der Waals surface area contributed by atoms with Gasteiger partial charge in [0.15, 0.2) is 5.79 Å². The van der Waals surface area contributed by atoms with Crippen LogP contribution in [0.2, 0.25) is 5.02 Å². The highest BCUT2D eigenvalue weighted by atomic mass is 35.5. The summed E-state index contributed by atoms with van der Waals surface area (Å²) in [7, 11) is 0. The van der Waals surface area contributed by atoms with Crippen molar-refractivity contribution in [3.8, 4) is 0 Å². The molecule has 1 aromatic carbocycles. The molecule has 1 saturated heterocycles. The van der Waals surface area contributed by atoms with Gasteiger partial charge in [0.2, 0.25) is 0 Å². The Morgan fingerprint density at radius 2 is 2.06 bits per heavy atom. The van der Waals surface area contributed by atoms with E-state index in [0.29, 0.717) is 17.5 Å². The minimum Gasteiger partial charge on any atom is -0.343 e. The molecule has 2 rings (SSSR count). The van der Waals surface area contributed by atoms with Crippen molar-refractivity contribution >= 4 is 23.2 Å². The van der Waals surface area contributed by atoms with Crippen LogP contribution < -0.4 is 0 Å². The minimum absolute atomic E-state index is 0.0303. The fourth-order valence-corrected chi connectivity index (χ4v) is 2.16. The molecule has 1 aliphatic heterocycles. The molecule has 0 spiro atoms. The highest BCUT2D eigenvalue weighted by Crippen LogP contribution is 2.37. The Labute approximate surface area is 105 Å². The summed E-state index contributed by atoms with van der Waals surface area (Å²) >= 11 is 11.6. The van der Waals surface area contributed by atoms with Gasteiger partial charge in [-0.3, -0.25) is 0 Å². The van der Waals surface area contributed by atoms with Gasteiger partial charge in [0.1, 0.15) is 0 Å². The molecule has 2 unspecified atom stereocenters. The second-order valence-electron chi connectivity index (χ2n) is 3.82. The molecule has 0 aliphatic carbocycles. The van der Waals surface area contributed by atoms with Gasteiger partial charge in [0.05, 0.1) is 18.6 Å². The van der Waals surface area contributed by atoms with E-state index in [4.69, 9.17) is 32.7 Å². The number of rotatable bonds is 3. The summed E-state index contributed by atoms with van der Waals surface area (Å²) in [4.78, 5) is 0. The first-order chi connectivity index (χ1) is 7.70. The van der Waals surface area contributed by atoms with E-state index in [0.717, 1.165) is 12.0 Å².